The summed E-state index contributed by atoms with van der Waals surface area (Å²) in [6.45, 7) is 2.40. The monoisotopic (exact) mass is 538 g/mol. The van der Waals surface area contributed by atoms with Crippen molar-refractivity contribution < 1.29 is 47.7 Å². The first-order chi connectivity index (χ1) is 10.9. The molecule has 0 amide bonds. The maximum Gasteiger partial charge on any atom is -1.00 e. The molecule has 0 saturated carbocycles. The van der Waals surface area contributed by atoms with E-state index in [1.54, 1.807) is 11.1 Å². The molecule has 5 rings (SSSR count). The molecule has 0 radical (unpaired) electrons. The Morgan fingerprint density at radius 1 is 0.792 bits per heavy atom. The van der Waals surface area contributed by atoms with Crippen LogP contribution in [0.2, 0.25) is 0 Å². The molecule has 3 aliphatic rings. The van der Waals surface area contributed by atoms with Crippen molar-refractivity contribution in [2.75, 3.05) is 6.16 Å². The maximum atomic E-state index is 2.56. The van der Waals surface area contributed by atoms with Crippen molar-refractivity contribution in [2.24, 2.45) is 0 Å². The zero-order chi connectivity index (χ0) is 14.7. The predicted molar refractivity (Wildman–Crippen MR) is 91.8 cm³/mol. The van der Waals surface area contributed by atoms with Crippen LogP contribution < -0.4 is 24.8 Å². The van der Waals surface area contributed by atoms with Crippen LogP contribution in [0.4, 0.5) is 0 Å². The number of fused-ring (bicyclic) bond motifs is 6. The Balaban J connectivity index is 0.000000845. The predicted octanol–water partition coefficient (Wildman–Crippen LogP) is -0.216. The van der Waals surface area contributed by atoms with Crippen molar-refractivity contribution in [3.05, 3.63) is 81.4 Å². The Labute approximate surface area is 168 Å². The maximum absolute atomic E-state index is 2.56. The number of benzene rings is 2. The summed E-state index contributed by atoms with van der Waals surface area (Å²) < 4.78 is 1.71. The second-order valence-corrected chi connectivity index (χ2v) is 14.0. The molecule has 0 N–H and O–H groups in total. The molecule has 120 valence electrons. The van der Waals surface area contributed by atoms with Gasteiger partial charge in [0.2, 0.25) is 0 Å². The van der Waals surface area contributed by atoms with Crippen molar-refractivity contribution in [1.82, 2.24) is 0 Å². The van der Waals surface area contributed by atoms with Gasteiger partial charge in [0.15, 0.2) is 0 Å². The standard InChI is InChI=1S/C20H17P.2ClH.Hf/c1-2-21(19-11-15-7-3-4-8-16(15)12-19)20-13-17-9-5-6-10-18(17)14-20;;;/h3-14H,2H2,1H3;2*1H;/q;;;+2/p-2. The summed E-state index contributed by atoms with van der Waals surface area (Å²) in [4.78, 5) is 0. The number of hydrogen-bond acceptors (Lipinski definition) is 0. The van der Waals surface area contributed by atoms with Gasteiger partial charge >= 0.3 is 145 Å². The molecule has 4 heteroatoms. The number of halogens is 2. The van der Waals surface area contributed by atoms with E-state index in [0.29, 0.717) is 0 Å². The van der Waals surface area contributed by atoms with Crippen molar-refractivity contribution in [3.63, 3.8) is 0 Å². The van der Waals surface area contributed by atoms with Crippen molar-refractivity contribution in [1.29, 1.82) is 0 Å². The molecule has 2 unspecified atom stereocenters. The Hall–Kier alpha value is -0.200. The van der Waals surface area contributed by atoms with Gasteiger partial charge in [0, 0.05) is 0 Å². The fourth-order valence-corrected chi connectivity index (χ4v) is 17.4. The summed E-state index contributed by atoms with van der Waals surface area (Å²) in [5.74, 6) is 0. The van der Waals surface area contributed by atoms with Crippen molar-refractivity contribution in [2.45, 2.75) is 14.3 Å². The first-order valence-corrected chi connectivity index (χ1v) is 13.7. The fraction of sp³-hybridized carbons (Fsp3) is 0.200. The SMILES string of the molecule is CCP1C2=Cc3ccccc3[CH]2[Hf+2][CH]2C1=Cc1ccccc12.[Cl-].[Cl-]. The zero-order valence-electron chi connectivity index (χ0n) is 13.3. The van der Waals surface area contributed by atoms with E-state index in [-0.39, 0.29) is 32.7 Å². The topological polar surface area (TPSA) is 0 Å². The van der Waals surface area contributed by atoms with Gasteiger partial charge in [-0.15, -0.1) is 0 Å². The van der Waals surface area contributed by atoms with Crippen LogP contribution in [-0.4, -0.2) is 6.16 Å². The fourth-order valence-electron chi connectivity index (χ4n) is 4.11. The van der Waals surface area contributed by atoms with Crippen LogP contribution in [0.25, 0.3) is 12.2 Å². The van der Waals surface area contributed by atoms with E-state index in [1.165, 1.54) is 17.3 Å². The largest absolute Gasteiger partial charge is 1.00 e. The van der Waals surface area contributed by atoms with Crippen LogP contribution >= 0.6 is 7.92 Å². The minimum atomic E-state index is -0.805. The second-order valence-electron chi connectivity index (χ2n) is 6.17. The summed E-state index contributed by atoms with van der Waals surface area (Å²) in [6, 6.07) is 18.3. The first kappa shape index (κ1) is 18.6. The Morgan fingerprint density at radius 3 is 1.71 bits per heavy atom. The molecular weight excluding hydrogens is 521 g/mol. The van der Waals surface area contributed by atoms with Crippen LogP contribution in [0.5, 0.6) is 0 Å². The van der Waals surface area contributed by atoms with Gasteiger partial charge < -0.3 is 24.8 Å². The van der Waals surface area contributed by atoms with E-state index < -0.39 is 22.9 Å². The van der Waals surface area contributed by atoms with Gasteiger partial charge in [-0.1, -0.05) is 0 Å². The van der Waals surface area contributed by atoms with Gasteiger partial charge in [-0.3, -0.25) is 0 Å². The van der Waals surface area contributed by atoms with E-state index in [1.807, 2.05) is 10.6 Å². The molecular formula is C20H17Cl2HfP. The van der Waals surface area contributed by atoms with Crippen LogP contribution in [0.15, 0.2) is 59.2 Å². The molecule has 0 spiro atoms. The van der Waals surface area contributed by atoms with Crippen molar-refractivity contribution >= 4 is 20.1 Å². The molecule has 2 aliphatic carbocycles. The van der Waals surface area contributed by atoms with E-state index in [0.717, 1.165) is 7.35 Å². The van der Waals surface area contributed by atoms with E-state index in [9.17, 15) is 0 Å². The molecule has 1 heterocycles. The van der Waals surface area contributed by atoms with Crippen molar-refractivity contribution in [3.8, 4) is 0 Å². The third-order valence-electron chi connectivity index (χ3n) is 5.09. The molecule has 2 aromatic carbocycles. The van der Waals surface area contributed by atoms with Gasteiger partial charge in [-0.25, -0.2) is 0 Å². The van der Waals surface area contributed by atoms with E-state index >= 15 is 0 Å². The Morgan fingerprint density at radius 2 is 1.25 bits per heavy atom. The molecule has 1 saturated heterocycles. The molecule has 1 fully saturated rings. The zero-order valence-corrected chi connectivity index (χ0v) is 19.3. The van der Waals surface area contributed by atoms with Crippen LogP contribution in [0, 0.1) is 0 Å². The number of rotatable bonds is 1. The molecule has 0 bridgehead atoms. The van der Waals surface area contributed by atoms with Gasteiger partial charge in [-0.05, 0) is 0 Å². The molecule has 0 aromatic heterocycles. The summed E-state index contributed by atoms with van der Waals surface area (Å²) in [6.07, 6.45) is 6.43. The second kappa shape index (κ2) is 7.20. The van der Waals surface area contributed by atoms with E-state index in [2.05, 4.69) is 67.6 Å². The van der Waals surface area contributed by atoms with Crippen LogP contribution in [0.3, 0.4) is 0 Å². The number of hydrogen-bond donors (Lipinski definition) is 0. The molecule has 2 atom stereocenters. The molecule has 0 nitrogen and oxygen atoms in total. The summed E-state index contributed by atoms with van der Waals surface area (Å²) in [5.41, 5.74) is 6.35. The summed E-state index contributed by atoms with van der Waals surface area (Å²) >= 11 is -0.805. The van der Waals surface area contributed by atoms with E-state index in [4.69, 9.17) is 0 Å². The van der Waals surface area contributed by atoms with Crippen LogP contribution in [-0.2, 0) is 22.9 Å². The minimum Gasteiger partial charge on any atom is -1.00 e. The molecule has 24 heavy (non-hydrogen) atoms. The summed E-state index contributed by atoms with van der Waals surface area (Å²) in [7, 11) is -0.0721. The quantitative estimate of drug-likeness (QED) is 0.349. The molecule has 1 aliphatic heterocycles. The van der Waals surface area contributed by atoms with Gasteiger partial charge in [0.25, 0.3) is 0 Å². The Bertz CT molecular complexity index is 776. The minimum absolute atomic E-state index is 0. The third-order valence-corrected chi connectivity index (χ3v) is 16.3. The van der Waals surface area contributed by atoms with Crippen LogP contribution in [0.1, 0.15) is 36.5 Å². The molecule has 2 aromatic rings. The number of allylic oxidation sites excluding steroid dienone is 2. The first-order valence-electron chi connectivity index (χ1n) is 8.01. The van der Waals surface area contributed by atoms with Gasteiger partial charge in [-0.2, -0.15) is 0 Å². The Kier molecular flexibility index (Phi) is 5.57. The van der Waals surface area contributed by atoms with Gasteiger partial charge in [0.05, 0.1) is 0 Å². The smallest absolute Gasteiger partial charge is 1.00 e. The van der Waals surface area contributed by atoms with Gasteiger partial charge in [0.1, 0.15) is 0 Å². The third kappa shape index (κ3) is 2.64. The average Bonchev–Trinajstić information content (AvgIpc) is 3.11. The summed E-state index contributed by atoms with van der Waals surface area (Å²) in [5, 5.41) is 3.63. The average molecular weight is 538 g/mol. The normalized spacial score (nSPS) is 24.5.